The van der Waals surface area contributed by atoms with E-state index in [0.29, 0.717) is 13.1 Å². The van der Waals surface area contributed by atoms with Gasteiger partial charge in [0.1, 0.15) is 5.82 Å². The lowest BCUT2D eigenvalue weighted by molar-refractivity contribution is 0.0596. The van der Waals surface area contributed by atoms with Crippen LogP contribution in [0, 0.1) is 5.82 Å². The number of halogens is 2. The highest BCUT2D eigenvalue weighted by Crippen LogP contribution is 2.27. The van der Waals surface area contributed by atoms with Gasteiger partial charge in [-0.25, -0.2) is 17.6 Å². The molecule has 7 nitrogen and oxygen atoms in total. The first-order valence-electron chi connectivity index (χ1n) is 8.26. The van der Waals surface area contributed by atoms with Gasteiger partial charge in [-0.05, 0) is 24.6 Å². The van der Waals surface area contributed by atoms with Gasteiger partial charge >= 0.3 is 5.97 Å². The van der Waals surface area contributed by atoms with Crippen LogP contribution in [-0.2, 0) is 14.8 Å². The molecule has 0 radical (unpaired) electrons. The molecular formula is C16H23ClFN3O4S. The molecule has 0 aromatic heterocycles. The summed E-state index contributed by atoms with van der Waals surface area (Å²) in [5.41, 5.74) is -0.144. The van der Waals surface area contributed by atoms with Crippen molar-refractivity contribution < 1.29 is 22.3 Å². The smallest absolute Gasteiger partial charge is 0.339 e. The zero-order valence-corrected chi connectivity index (χ0v) is 16.1. The summed E-state index contributed by atoms with van der Waals surface area (Å²) in [4.78, 5) is 13.8. The van der Waals surface area contributed by atoms with Crippen LogP contribution < -0.4 is 5.32 Å². The van der Waals surface area contributed by atoms with Crippen molar-refractivity contribution in [3.05, 3.63) is 29.6 Å². The van der Waals surface area contributed by atoms with E-state index < -0.39 is 21.8 Å². The van der Waals surface area contributed by atoms with Gasteiger partial charge in [-0.1, -0.05) is 0 Å². The Kier molecular flexibility index (Phi) is 6.98. The Hall–Kier alpha value is -1.26. The topological polar surface area (TPSA) is 79.0 Å². The highest BCUT2D eigenvalue weighted by Gasteiger charge is 2.37. The van der Waals surface area contributed by atoms with E-state index in [1.165, 1.54) is 11.4 Å². The lowest BCUT2D eigenvalue weighted by Gasteiger charge is -2.32. The van der Waals surface area contributed by atoms with Crippen molar-refractivity contribution in [2.24, 2.45) is 0 Å². The molecule has 0 aliphatic carbocycles. The van der Waals surface area contributed by atoms with Crippen molar-refractivity contribution >= 4 is 28.4 Å². The van der Waals surface area contributed by atoms with Gasteiger partial charge in [0.05, 0.1) is 17.6 Å². The molecule has 1 aromatic rings. The predicted molar refractivity (Wildman–Crippen MR) is 96.6 cm³/mol. The maximum absolute atomic E-state index is 13.6. The molecule has 1 aromatic carbocycles. The van der Waals surface area contributed by atoms with E-state index in [0.717, 1.165) is 50.8 Å². The predicted octanol–water partition coefficient (Wildman–Crippen LogP) is 0.702. The van der Waals surface area contributed by atoms with Crippen LogP contribution in [0.25, 0.3) is 0 Å². The maximum atomic E-state index is 13.6. The largest absolute Gasteiger partial charge is 0.465 e. The Labute approximate surface area is 158 Å². The summed E-state index contributed by atoms with van der Waals surface area (Å²) < 4.78 is 45.6. The number of benzene rings is 1. The number of hydrogen-bond donors (Lipinski definition) is 1. The van der Waals surface area contributed by atoms with Crippen molar-refractivity contribution in [1.29, 1.82) is 0 Å². The molecule has 2 fully saturated rings. The number of sulfonamides is 1. The third kappa shape index (κ3) is 4.17. The summed E-state index contributed by atoms with van der Waals surface area (Å²) in [6, 6.07) is 3.24. The van der Waals surface area contributed by atoms with Crippen LogP contribution in [0.3, 0.4) is 0 Å². The van der Waals surface area contributed by atoms with E-state index >= 15 is 0 Å². The number of carbonyl (C=O) groups excluding carboxylic acids is 1. The SMILES string of the molecule is COC(=O)c1ccc(F)cc1S(=O)(=O)N1CCC(N2CCNCC2)C1.Cl. The average molecular weight is 408 g/mol. The summed E-state index contributed by atoms with van der Waals surface area (Å²) in [6.45, 7) is 4.24. The molecule has 2 saturated heterocycles. The van der Waals surface area contributed by atoms with Gasteiger partial charge in [-0.15, -0.1) is 12.4 Å². The van der Waals surface area contributed by atoms with Gasteiger partial charge in [-0.3, -0.25) is 4.90 Å². The number of carbonyl (C=O) groups is 1. The van der Waals surface area contributed by atoms with Gasteiger partial charge in [0, 0.05) is 45.3 Å². The molecule has 0 bridgehead atoms. The molecule has 1 atom stereocenters. The zero-order chi connectivity index (χ0) is 18.0. The fourth-order valence-corrected chi connectivity index (χ4v) is 5.08. The van der Waals surface area contributed by atoms with Crippen LogP contribution in [0.5, 0.6) is 0 Å². The second kappa shape index (κ2) is 8.62. The molecule has 10 heteroatoms. The lowest BCUT2D eigenvalue weighted by Crippen LogP contribution is -2.49. The molecule has 2 heterocycles. The maximum Gasteiger partial charge on any atom is 0.339 e. The van der Waals surface area contributed by atoms with E-state index in [4.69, 9.17) is 0 Å². The fourth-order valence-electron chi connectivity index (χ4n) is 3.40. The molecule has 2 aliphatic rings. The van der Waals surface area contributed by atoms with Gasteiger partial charge in [0.15, 0.2) is 0 Å². The summed E-state index contributed by atoms with van der Waals surface area (Å²) in [7, 11) is -2.80. The van der Waals surface area contributed by atoms with E-state index in [-0.39, 0.29) is 28.9 Å². The Morgan fingerprint density at radius 2 is 1.96 bits per heavy atom. The van der Waals surface area contributed by atoms with E-state index in [1.807, 2.05) is 0 Å². The minimum absolute atomic E-state index is 0. The number of piperazine rings is 1. The van der Waals surface area contributed by atoms with E-state index in [2.05, 4.69) is 15.0 Å². The van der Waals surface area contributed by atoms with Crippen molar-refractivity contribution in [2.45, 2.75) is 17.4 Å². The van der Waals surface area contributed by atoms with Crippen molar-refractivity contribution in [2.75, 3.05) is 46.4 Å². The van der Waals surface area contributed by atoms with Gasteiger partial charge in [-0.2, -0.15) is 4.31 Å². The number of hydrogen-bond acceptors (Lipinski definition) is 6. The number of rotatable bonds is 4. The summed E-state index contributed by atoms with van der Waals surface area (Å²) in [6.07, 6.45) is 0.724. The van der Waals surface area contributed by atoms with Crippen LogP contribution in [-0.4, -0.2) is 76.0 Å². The average Bonchev–Trinajstić information content (AvgIpc) is 3.13. The van der Waals surface area contributed by atoms with Gasteiger partial charge in [0.25, 0.3) is 0 Å². The van der Waals surface area contributed by atoms with Crippen LogP contribution in [0.1, 0.15) is 16.8 Å². The summed E-state index contributed by atoms with van der Waals surface area (Å²) >= 11 is 0. The highest BCUT2D eigenvalue weighted by atomic mass is 35.5. The molecule has 2 aliphatic heterocycles. The molecular weight excluding hydrogens is 385 g/mol. The Bertz CT molecular complexity index is 756. The zero-order valence-electron chi connectivity index (χ0n) is 14.5. The third-order valence-corrected chi connectivity index (χ3v) is 6.67. The quantitative estimate of drug-likeness (QED) is 0.740. The molecule has 146 valence electrons. The molecule has 0 saturated carbocycles. The Balaban J connectivity index is 0.00000243. The van der Waals surface area contributed by atoms with Crippen LogP contribution in [0.2, 0.25) is 0 Å². The highest BCUT2D eigenvalue weighted by molar-refractivity contribution is 7.89. The van der Waals surface area contributed by atoms with E-state index in [1.54, 1.807) is 0 Å². The molecule has 3 rings (SSSR count). The van der Waals surface area contributed by atoms with Gasteiger partial charge < -0.3 is 10.1 Å². The Morgan fingerprint density at radius 1 is 1.27 bits per heavy atom. The first-order valence-corrected chi connectivity index (χ1v) is 9.70. The molecule has 1 N–H and O–H groups in total. The monoisotopic (exact) mass is 407 g/mol. The van der Waals surface area contributed by atoms with Crippen molar-refractivity contribution in [1.82, 2.24) is 14.5 Å². The number of nitrogens with one attached hydrogen (secondary N) is 1. The molecule has 26 heavy (non-hydrogen) atoms. The second-order valence-corrected chi connectivity index (χ2v) is 8.13. The molecule has 0 spiro atoms. The minimum atomic E-state index is -3.97. The fraction of sp³-hybridized carbons (Fsp3) is 0.562. The molecule has 0 amide bonds. The van der Waals surface area contributed by atoms with Crippen LogP contribution in [0.4, 0.5) is 4.39 Å². The third-order valence-electron chi connectivity index (χ3n) is 4.76. The minimum Gasteiger partial charge on any atom is -0.465 e. The number of nitrogens with zero attached hydrogens (tertiary/aromatic N) is 2. The van der Waals surface area contributed by atoms with E-state index in [9.17, 15) is 17.6 Å². The first-order chi connectivity index (χ1) is 11.9. The second-order valence-electron chi connectivity index (χ2n) is 6.22. The number of methoxy groups -OCH3 is 1. The Morgan fingerprint density at radius 3 is 2.62 bits per heavy atom. The molecule has 1 unspecified atom stereocenters. The summed E-state index contributed by atoms with van der Waals surface area (Å²) in [5, 5.41) is 3.27. The summed E-state index contributed by atoms with van der Waals surface area (Å²) in [5.74, 6) is -1.50. The van der Waals surface area contributed by atoms with Crippen molar-refractivity contribution in [3.63, 3.8) is 0 Å². The normalized spacial score (nSPS) is 22.0. The van der Waals surface area contributed by atoms with Crippen LogP contribution >= 0.6 is 12.4 Å². The first kappa shape index (κ1) is 21.0. The standard InChI is InChI=1S/C16H22FN3O4S.ClH/c1-24-16(21)14-3-2-12(17)10-15(14)25(22,23)20-7-4-13(11-20)19-8-5-18-6-9-19;/h2-3,10,13,18H,4-9,11H2,1H3;1H. The number of esters is 1. The van der Waals surface area contributed by atoms with Crippen molar-refractivity contribution in [3.8, 4) is 0 Å². The lowest BCUT2D eigenvalue weighted by atomic mass is 10.2. The van der Waals surface area contributed by atoms with Gasteiger partial charge in [0.2, 0.25) is 10.0 Å². The van der Waals surface area contributed by atoms with Crippen LogP contribution in [0.15, 0.2) is 23.1 Å². The number of ether oxygens (including phenoxy) is 1.